The van der Waals surface area contributed by atoms with Crippen LogP contribution in [0.25, 0.3) is 0 Å². The number of hydrogen-bond acceptors (Lipinski definition) is 3. The molecule has 0 radical (unpaired) electrons. The van der Waals surface area contributed by atoms with E-state index in [0.29, 0.717) is 18.7 Å². The summed E-state index contributed by atoms with van der Waals surface area (Å²) in [6.45, 7) is 3.03. The number of carbonyl (C=O) groups excluding carboxylic acids is 1. The molecule has 196 valence electrons. The van der Waals surface area contributed by atoms with Crippen LogP contribution in [0.2, 0.25) is 5.02 Å². The van der Waals surface area contributed by atoms with E-state index in [1.54, 1.807) is 18.2 Å². The highest BCUT2D eigenvalue weighted by Gasteiger charge is 2.42. The number of nitrogens with zero attached hydrogens (tertiary/aromatic N) is 2. The second-order valence-corrected chi connectivity index (χ2v) is 9.36. The first-order valence-corrected chi connectivity index (χ1v) is 11.8. The summed E-state index contributed by atoms with van der Waals surface area (Å²) < 4.78 is 59.1. The molecule has 0 saturated carbocycles. The quantitative estimate of drug-likeness (QED) is 0.499. The van der Waals surface area contributed by atoms with Crippen LogP contribution in [-0.2, 0) is 11.3 Å². The Kier molecular flexibility index (Phi) is 8.94. The maximum atomic E-state index is 13.8. The van der Waals surface area contributed by atoms with Gasteiger partial charge in [0.1, 0.15) is 11.6 Å². The zero-order chi connectivity index (χ0) is 26.5. The Labute approximate surface area is 210 Å². The summed E-state index contributed by atoms with van der Waals surface area (Å²) in [4.78, 5) is 26.1. The van der Waals surface area contributed by atoms with E-state index in [0.717, 1.165) is 50.8 Å². The minimum atomic E-state index is -5.08. The van der Waals surface area contributed by atoms with Crippen LogP contribution in [0, 0.1) is 11.6 Å². The van der Waals surface area contributed by atoms with Crippen LogP contribution in [0.1, 0.15) is 48.0 Å². The molecule has 5 nitrogen and oxygen atoms in total. The summed E-state index contributed by atoms with van der Waals surface area (Å²) in [7, 11) is 0. The van der Waals surface area contributed by atoms with Crippen LogP contribution in [0.5, 0.6) is 0 Å². The average molecular weight is 533 g/mol. The van der Waals surface area contributed by atoms with Crippen molar-refractivity contribution < 1.29 is 36.6 Å². The lowest BCUT2D eigenvalue weighted by molar-refractivity contribution is -0.192. The Balaban J connectivity index is 0.000000454. The van der Waals surface area contributed by atoms with Gasteiger partial charge in [-0.05, 0) is 74.5 Å². The van der Waals surface area contributed by atoms with Crippen LogP contribution >= 0.6 is 11.6 Å². The summed E-state index contributed by atoms with van der Waals surface area (Å²) in [5.74, 6) is -3.68. The van der Waals surface area contributed by atoms with Gasteiger partial charge < -0.3 is 10.0 Å². The molecule has 2 aliphatic rings. The highest BCUT2D eigenvalue weighted by atomic mass is 35.5. The SMILES string of the molecule is O=C(O)C(F)(F)F.O=C(c1ccc(Cl)c(F)c1)N1CCCC2(CCCN2Cc2cccc(F)c2)CC1. The predicted octanol–water partition coefficient (Wildman–Crippen LogP) is 5.91. The maximum absolute atomic E-state index is 13.8. The molecule has 2 fully saturated rings. The van der Waals surface area contributed by atoms with Gasteiger partial charge in [0.2, 0.25) is 0 Å². The monoisotopic (exact) mass is 532 g/mol. The normalized spacial score (nSPS) is 20.6. The molecule has 36 heavy (non-hydrogen) atoms. The van der Waals surface area contributed by atoms with E-state index >= 15 is 0 Å². The van der Waals surface area contributed by atoms with Gasteiger partial charge in [0.05, 0.1) is 5.02 Å². The Morgan fingerprint density at radius 2 is 1.64 bits per heavy atom. The topological polar surface area (TPSA) is 60.9 Å². The van der Waals surface area contributed by atoms with Crippen LogP contribution in [0.3, 0.4) is 0 Å². The molecule has 11 heteroatoms. The largest absolute Gasteiger partial charge is 0.490 e. The Morgan fingerprint density at radius 3 is 2.25 bits per heavy atom. The molecule has 1 amide bonds. The van der Waals surface area contributed by atoms with Gasteiger partial charge in [0, 0.05) is 30.7 Å². The number of likely N-dealkylation sites (tertiary alicyclic amines) is 2. The molecule has 1 spiro atoms. The van der Waals surface area contributed by atoms with E-state index in [9.17, 15) is 26.7 Å². The molecule has 4 rings (SSSR count). The van der Waals surface area contributed by atoms with E-state index in [1.165, 1.54) is 18.2 Å². The van der Waals surface area contributed by atoms with Gasteiger partial charge in [-0.25, -0.2) is 13.6 Å². The first kappa shape index (κ1) is 27.9. The standard InChI is InChI=1S/C23H25ClF2N2O.C2HF3O2/c24-20-7-6-18(15-21(20)26)22(29)27-11-2-8-23(10-13-27)9-3-12-28(23)16-17-4-1-5-19(25)14-17;3-2(4,5)1(6)7/h1,4-7,14-15H,2-3,8-13,16H2;(H,6,7). The van der Waals surface area contributed by atoms with Crippen molar-refractivity contribution in [3.05, 3.63) is 70.2 Å². The van der Waals surface area contributed by atoms with Crippen molar-refractivity contribution in [3.8, 4) is 0 Å². The van der Waals surface area contributed by atoms with Crippen molar-refractivity contribution in [1.82, 2.24) is 9.80 Å². The minimum absolute atomic E-state index is 0.0234. The molecule has 2 saturated heterocycles. The fraction of sp³-hybridized carbons (Fsp3) is 0.440. The molecule has 1 atom stereocenters. The van der Waals surface area contributed by atoms with Gasteiger partial charge in [-0.15, -0.1) is 0 Å². The smallest absolute Gasteiger partial charge is 0.475 e. The third kappa shape index (κ3) is 6.94. The fourth-order valence-corrected chi connectivity index (χ4v) is 4.97. The highest BCUT2D eigenvalue weighted by molar-refractivity contribution is 6.30. The number of aliphatic carboxylic acids is 1. The number of carboxylic acid groups (broad SMARTS) is 1. The highest BCUT2D eigenvalue weighted by Crippen LogP contribution is 2.39. The van der Waals surface area contributed by atoms with Gasteiger partial charge in [0.25, 0.3) is 5.91 Å². The molecule has 2 aliphatic heterocycles. The molecule has 1 N–H and O–H groups in total. The summed E-state index contributed by atoms with van der Waals surface area (Å²) >= 11 is 5.74. The van der Waals surface area contributed by atoms with E-state index in [-0.39, 0.29) is 22.3 Å². The van der Waals surface area contributed by atoms with E-state index in [1.807, 2.05) is 11.0 Å². The lowest BCUT2D eigenvalue weighted by atomic mass is 9.87. The summed E-state index contributed by atoms with van der Waals surface area (Å²) in [6.07, 6.45) is -0.0712. The van der Waals surface area contributed by atoms with Crippen LogP contribution < -0.4 is 0 Å². The Hall–Kier alpha value is -2.72. The van der Waals surface area contributed by atoms with Gasteiger partial charge in [0.15, 0.2) is 0 Å². The van der Waals surface area contributed by atoms with Crippen molar-refractivity contribution in [3.63, 3.8) is 0 Å². The number of carbonyl (C=O) groups is 2. The van der Waals surface area contributed by atoms with Crippen molar-refractivity contribution in [1.29, 1.82) is 0 Å². The van der Waals surface area contributed by atoms with E-state index in [4.69, 9.17) is 21.5 Å². The number of rotatable bonds is 3. The van der Waals surface area contributed by atoms with Crippen molar-refractivity contribution in [2.24, 2.45) is 0 Å². The Bertz CT molecular complexity index is 1100. The first-order chi connectivity index (χ1) is 16.9. The number of alkyl halides is 3. The fourth-order valence-electron chi connectivity index (χ4n) is 4.86. The molecule has 0 bridgehead atoms. The number of halogens is 6. The summed E-state index contributed by atoms with van der Waals surface area (Å²) in [6, 6.07) is 11.0. The van der Waals surface area contributed by atoms with Crippen LogP contribution in [0.4, 0.5) is 22.0 Å². The van der Waals surface area contributed by atoms with E-state index in [2.05, 4.69) is 4.90 Å². The molecule has 0 aliphatic carbocycles. The zero-order valence-corrected chi connectivity index (χ0v) is 20.1. The number of carboxylic acids is 1. The molecule has 2 heterocycles. The Morgan fingerprint density at radius 1 is 0.972 bits per heavy atom. The predicted molar refractivity (Wildman–Crippen MR) is 124 cm³/mol. The third-order valence-corrected chi connectivity index (χ3v) is 6.92. The lowest BCUT2D eigenvalue weighted by Gasteiger charge is -2.38. The first-order valence-electron chi connectivity index (χ1n) is 11.5. The van der Waals surface area contributed by atoms with Crippen molar-refractivity contribution in [2.45, 2.75) is 50.4 Å². The van der Waals surface area contributed by atoms with Gasteiger partial charge in [-0.3, -0.25) is 9.69 Å². The maximum Gasteiger partial charge on any atom is 0.490 e. The van der Waals surface area contributed by atoms with Crippen LogP contribution in [0.15, 0.2) is 42.5 Å². The zero-order valence-electron chi connectivity index (χ0n) is 19.3. The summed E-state index contributed by atoms with van der Waals surface area (Å²) in [5.41, 5.74) is 1.37. The number of hydrogen-bond donors (Lipinski definition) is 1. The van der Waals surface area contributed by atoms with Crippen molar-refractivity contribution in [2.75, 3.05) is 19.6 Å². The van der Waals surface area contributed by atoms with Crippen LogP contribution in [-0.4, -0.2) is 58.1 Å². The van der Waals surface area contributed by atoms with Crippen molar-refractivity contribution >= 4 is 23.5 Å². The summed E-state index contributed by atoms with van der Waals surface area (Å²) in [5, 5.41) is 7.15. The number of benzene rings is 2. The lowest BCUT2D eigenvalue weighted by Crippen LogP contribution is -2.44. The minimum Gasteiger partial charge on any atom is -0.475 e. The molecule has 2 aromatic carbocycles. The molecular weight excluding hydrogens is 507 g/mol. The molecule has 1 unspecified atom stereocenters. The second kappa shape index (κ2) is 11.6. The average Bonchev–Trinajstić information content (AvgIpc) is 3.05. The third-order valence-electron chi connectivity index (χ3n) is 6.62. The van der Waals surface area contributed by atoms with Gasteiger partial charge in [-0.1, -0.05) is 23.7 Å². The van der Waals surface area contributed by atoms with Gasteiger partial charge in [-0.2, -0.15) is 13.2 Å². The number of amides is 1. The van der Waals surface area contributed by atoms with E-state index < -0.39 is 18.0 Å². The van der Waals surface area contributed by atoms with Gasteiger partial charge >= 0.3 is 12.1 Å². The molecule has 0 aromatic heterocycles. The molecule has 2 aromatic rings. The molecular formula is C25H26ClF5N2O3. The second-order valence-electron chi connectivity index (χ2n) is 8.96.